The second kappa shape index (κ2) is 12.3. The van der Waals surface area contributed by atoms with E-state index in [0.29, 0.717) is 21.2 Å². The van der Waals surface area contributed by atoms with Crippen LogP contribution in [0.25, 0.3) is 0 Å². The molecule has 0 aliphatic heterocycles. The second-order valence-electron chi connectivity index (χ2n) is 6.96. The monoisotopic (exact) mass is 480 g/mol. The molecule has 4 N–H and O–H groups in total. The highest BCUT2D eigenvalue weighted by Crippen LogP contribution is 2.13. The van der Waals surface area contributed by atoms with E-state index >= 15 is 0 Å². The lowest BCUT2D eigenvalue weighted by Gasteiger charge is -2.17. The molecule has 2 unspecified atom stereocenters. The summed E-state index contributed by atoms with van der Waals surface area (Å²) in [6, 6.07) is 9.91. The molecule has 0 aliphatic carbocycles. The van der Waals surface area contributed by atoms with Crippen LogP contribution in [-0.2, 0) is 9.59 Å². The van der Waals surface area contributed by atoms with Gasteiger partial charge >= 0.3 is 11.9 Å². The summed E-state index contributed by atoms with van der Waals surface area (Å²) >= 11 is 11.6. The molecular weight excluding hydrogens is 459 g/mol. The van der Waals surface area contributed by atoms with Crippen LogP contribution in [0, 0.1) is 0 Å². The van der Waals surface area contributed by atoms with Gasteiger partial charge in [-0.25, -0.2) is 0 Å². The number of carbonyl (C=O) groups excluding carboxylic acids is 2. The van der Waals surface area contributed by atoms with Gasteiger partial charge in [-0.2, -0.15) is 0 Å². The Morgan fingerprint density at radius 2 is 0.969 bits per heavy atom. The molecule has 170 valence electrons. The Labute approximate surface area is 194 Å². The molecule has 2 rings (SSSR count). The van der Waals surface area contributed by atoms with Gasteiger partial charge < -0.3 is 20.8 Å². The van der Waals surface area contributed by atoms with Crippen LogP contribution in [0.5, 0.6) is 0 Å². The van der Waals surface area contributed by atoms with Crippen LogP contribution < -0.4 is 10.6 Å². The molecule has 0 spiro atoms. The average Bonchev–Trinajstić information content (AvgIpc) is 2.75. The molecule has 8 nitrogen and oxygen atoms in total. The van der Waals surface area contributed by atoms with E-state index in [9.17, 15) is 29.4 Å². The van der Waals surface area contributed by atoms with Gasteiger partial charge in [0.1, 0.15) is 12.1 Å². The number of halogens is 2. The Morgan fingerprint density at radius 3 is 1.25 bits per heavy atom. The van der Waals surface area contributed by atoms with Gasteiger partial charge in [-0.3, -0.25) is 19.2 Å². The largest absolute Gasteiger partial charge is 0.480 e. The molecule has 0 aliphatic rings. The summed E-state index contributed by atoms with van der Waals surface area (Å²) in [5.41, 5.74) is 0.680. The van der Waals surface area contributed by atoms with E-state index in [0.717, 1.165) is 0 Å². The van der Waals surface area contributed by atoms with E-state index in [1.165, 1.54) is 24.3 Å². The van der Waals surface area contributed by atoms with Crippen LogP contribution >= 0.6 is 23.2 Å². The Morgan fingerprint density at radius 1 is 0.656 bits per heavy atom. The molecule has 0 amide bonds. The minimum atomic E-state index is -1.21. The van der Waals surface area contributed by atoms with Gasteiger partial charge in [-0.1, -0.05) is 23.2 Å². The summed E-state index contributed by atoms with van der Waals surface area (Å²) in [6.07, 6.45) is -0.567. The fourth-order valence-corrected chi connectivity index (χ4v) is 3.12. The molecule has 0 radical (unpaired) electrons. The number of carboxylic acid groups (broad SMARTS) is 2. The van der Waals surface area contributed by atoms with Crippen molar-refractivity contribution in [2.45, 2.75) is 24.9 Å². The fraction of sp³-hybridized carbons (Fsp3) is 0.273. The van der Waals surface area contributed by atoms with Crippen molar-refractivity contribution >= 4 is 46.7 Å². The minimum absolute atomic E-state index is 0.0732. The number of nitrogens with one attached hydrogen (secondary N) is 2. The lowest BCUT2D eigenvalue weighted by Crippen LogP contribution is -2.45. The molecule has 0 fully saturated rings. The standard InChI is InChI=1S/C22H22Cl2N2O6/c23-15-5-1-13(2-6-15)19(27)11-17(21(29)30)25-9-10-26-18(22(31)32)12-20(28)14-3-7-16(24)8-4-14/h1-8,17-18,25-26H,9-12H2,(H,29,30)(H,31,32). The number of rotatable bonds is 13. The molecule has 32 heavy (non-hydrogen) atoms. The minimum Gasteiger partial charge on any atom is -0.480 e. The van der Waals surface area contributed by atoms with Gasteiger partial charge in [0.2, 0.25) is 0 Å². The molecule has 0 bridgehead atoms. The predicted octanol–water partition coefficient (Wildman–Crippen LogP) is 2.92. The van der Waals surface area contributed by atoms with Gasteiger partial charge in [0.15, 0.2) is 11.6 Å². The summed E-state index contributed by atoms with van der Waals surface area (Å²) in [6.45, 7) is 0.146. The van der Waals surface area contributed by atoms with E-state index < -0.39 is 24.0 Å². The van der Waals surface area contributed by atoms with Crippen molar-refractivity contribution in [3.63, 3.8) is 0 Å². The summed E-state index contributed by atoms with van der Waals surface area (Å²) < 4.78 is 0. The first kappa shape index (κ1) is 25.5. The molecule has 0 aromatic heterocycles. The quantitative estimate of drug-likeness (QED) is 0.254. The van der Waals surface area contributed by atoms with E-state index in [4.69, 9.17) is 23.2 Å². The van der Waals surface area contributed by atoms with Crippen molar-refractivity contribution in [2.24, 2.45) is 0 Å². The SMILES string of the molecule is O=C(CC(NCCNC(CC(=O)c1ccc(Cl)cc1)C(=O)O)C(=O)O)c1ccc(Cl)cc1. The van der Waals surface area contributed by atoms with Crippen LogP contribution in [0.1, 0.15) is 33.6 Å². The molecule has 2 aromatic rings. The van der Waals surface area contributed by atoms with E-state index in [1.807, 2.05) is 0 Å². The van der Waals surface area contributed by atoms with Crippen LogP contribution in [0.2, 0.25) is 10.0 Å². The maximum Gasteiger partial charge on any atom is 0.321 e. The summed E-state index contributed by atoms with van der Waals surface area (Å²) in [7, 11) is 0. The average molecular weight is 481 g/mol. The van der Waals surface area contributed by atoms with Gasteiger partial charge in [0.25, 0.3) is 0 Å². The van der Waals surface area contributed by atoms with Crippen molar-refractivity contribution in [3.05, 3.63) is 69.7 Å². The predicted molar refractivity (Wildman–Crippen MR) is 120 cm³/mol. The number of ketones is 2. The first-order chi connectivity index (χ1) is 15.2. The molecule has 10 heteroatoms. The lowest BCUT2D eigenvalue weighted by molar-refractivity contribution is -0.140. The van der Waals surface area contributed by atoms with Crippen molar-refractivity contribution in [1.82, 2.24) is 10.6 Å². The van der Waals surface area contributed by atoms with Gasteiger partial charge in [-0.15, -0.1) is 0 Å². The molecular formula is C22H22Cl2N2O6. The highest BCUT2D eigenvalue weighted by atomic mass is 35.5. The second-order valence-corrected chi connectivity index (χ2v) is 7.83. The van der Waals surface area contributed by atoms with E-state index in [1.54, 1.807) is 24.3 Å². The first-order valence-electron chi connectivity index (χ1n) is 9.67. The van der Waals surface area contributed by atoms with Crippen LogP contribution in [-0.4, -0.2) is 58.9 Å². The Hall–Kier alpha value is -2.78. The number of carbonyl (C=O) groups is 4. The number of carboxylic acids is 2. The smallest absolute Gasteiger partial charge is 0.321 e. The number of aliphatic carboxylic acids is 2. The van der Waals surface area contributed by atoms with Gasteiger partial charge in [0, 0.05) is 47.1 Å². The third kappa shape index (κ3) is 8.05. The summed E-state index contributed by atoms with van der Waals surface area (Å²) in [5.74, 6) is -3.15. The van der Waals surface area contributed by atoms with Crippen molar-refractivity contribution in [2.75, 3.05) is 13.1 Å². The van der Waals surface area contributed by atoms with Crippen LogP contribution in [0.15, 0.2) is 48.5 Å². The lowest BCUT2D eigenvalue weighted by atomic mass is 10.0. The molecule has 0 saturated carbocycles. The maximum atomic E-state index is 12.3. The molecule has 2 aromatic carbocycles. The maximum absolute atomic E-state index is 12.3. The topological polar surface area (TPSA) is 133 Å². The first-order valence-corrected chi connectivity index (χ1v) is 10.4. The normalized spacial score (nSPS) is 12.7. The third-order valence-electron chi connectivity index (χ3n) is 4.61. The number of hydrogen-bond acceptors (Lipinski definition) is 6. The Balaban J connectivity index is 1.85. The van der Waals surface area contributed by atoms with Crippen molar-refractivity contribution in [1.29, 1.82) is 0 Å². The van der Waals surface area contributed by atoms with E-state index in [2.05, 4.69) is 10.6 Å². The Bertz CT molecular complexity index is 884. The zero-order valence-electron chi connectivity index (χ0n) is 16.9. The molecule has 2 atom stereocenters. The summed E-state index contributed by atoms with van der Waals surface area (Å²) in [5, 5.41) is 25.1. The molecule has 0 saturated heterocycles. The zero-order chi connectivity index (χ0) is 23.7. The fourth-order valence-electron chi connectivity index (χ4n) is 2.86. The highest BCUT2D eigenvalue weighted by Gasteiger charge is 2.23. The van der Waals surface area contributed by atoms with Gasteiger partial charge in [-0.05, 0) is 48.5 Å². The number of benzene rings is 2. The van der Waals surface area contributed by atoms with Crippen molar-refractivity contribution < 1.29 is 29.4 Å². The zero-order valence-corrected chi connectivity index (χ0v) is 18.4. The van der Waals surface area contributed by atoms with Crippen LogP contribution in [0.3, 0.4) is 0 Å². The highest BCUT2D eigenvalue weighted by molar-refractivity contribution is 6.31. The van der Waals surface area contributed by atoms with E-state index in [-0.39, 0.29) is 37.5 Å². The van der Waals surface area contributed by atoms with Gasteiger partial charge in [0.05, 0.1) is 0 Å². The van der Waals surface area contributed by atoms with Crippen molar-refractivity contribution in [3.8, 4) is 0 Å². The molecule has 0 heterocycles. The van der Waals surface area contributed by atoms with Crippen LogP contribution in [0.4, 0.5) is 0 Å². The number of Topliss-reactive ketones (excluding diaryl/α,β-unsaturated/α-hetero) is 2. The number of hydrogen-bond donors (Lipinski definition) is 4. The summed E-state index contributed by atoms with van der Waals surface area (Å²) in [4.78, 5) is 47.5. The Kier molecular flexibility index (Phi) is 9.80. The third-order valence-corrected chi connectivity index (χ3v) is 5.12.